The van der Waals surface area contributed by atoms with Crippen molar-refractivity contribution >= 4 is 11.6 Å². The third-order valence-corrected chi connectivity index (χ3v) is 3.08. The maximum atomic E-state index is 6.13. The lowest BCUT2D eigenvalue weighted by Crippen LogP contribution is -1.97. The number of rotatable bonds is 3. The molecular weight excluding hydrogens is 238 g/mol. The third kappa shape index (κ3) is 2.14. The van der Waals surface area contributed by atoms with Crippen LogP contribution in [0.1, 0.15) is 5.69 Å². The van der Waals surface area contributed by atoms with Gasteiger partial charge in [0.25, 0.3) is 0 Å². The lowest BCUT2D eigenvalue weighted by Gasteiger charge is -2.04. The molecule has 0 fully saturated rings. The van der Waals surface area contributed by atoms with Crippen LogP contribution >= 0.6 is 11.6 Å². The highest BCUT2D eigenvalue weighted by molar-refractivity contribution is 6.30. The summed E-state index contributed by atoms with van der Waals surface area (Å²) in [5.74, 6) is 1.57. The first-order valence-electron chi connectivity index (χ1n) is 5.23. The van der Waals surface area contributed by atoms with Crippen molar-refractivity contribution in [2.45, 2.75) is 6.54 Å². The van der Waals surface area contributed by atoms with Gasteiger partial charge in [-0.25, -0.2) is 4.98 Å². The maximum Gasteiger partial charge on any atom is 0.141 e. The molecule has 0 unspecified atom stereocenters. The minimum absolute atomic E-state index is 0.330. The summed E-state index contributed by atoms with van der Waals surface area (Å²) in [6, 6.07) is 7.68. The van der Waals surface area contributed by atoms with Gasteiger partial charge in [-0.05, 0) is 12.1 Å². The minimum atomic E-state index is 0.330. The third-order valence-electron chi connectivity index (χ3n) is 2.61. The summed E-state index contributed by atoms with van der Waals surface area (Å²) in [7, 11) is 3.50. The van der Waals surface area contributed by atoms with Crippen LogP contribution in [0.2, 0.25) is 5.15 Å². The lowest BCUT2D eigenvalue weighted by atomic mass is 10.2. The molecule has 0 spiro atoms. The highest BCUT2D eigenvalue weighted by Gasteiger charge is 2.13. The van der Waals surface area contributed by atoms with Crippen molar-refractivity contribution in [3.05, 3.63) is 35.1 Å². The molecule has 0 atom stereocenters. The number of halogens is 1. The normalized spacial score (nSPS) is 10.6. The van der Waals surface area contributed by atoms with E-state index < -0.39 is 0 Å². The molecule has 1 aromatic carbocycles. The standard InChI is InChI=1S/C12H14ClN3O/c1-16-11(13)10(7-14)15-12(16)8-4-3-5-9(6-8)17-2/h3-6H,7,14H2,1-2H3. The summed E-state index contributed by atoms with van der Waals surface area (Å²) in [4.78, 5) is 4.42. The van der Waals surface area contributed by atoms with Crippen LogP contribution in [0.3, 0.4) is 0 Å². The quantitative estimate of drug-likeness (QED) is 0.910. The smallest absolute Gasteiger partial charge is 0.141 e. The van der Waals surface area contributed by atoms with Crippen molar-refractivity contribution in [3.8, 4) is 17.1 Å². The Bertz CT molecular complexity index is 537. The molecule has 2 aromatic rings. The topological polar surface area (TPSA) is 53.1 Å². The summed E-state index contributed by atoms with van der Waals surface area (Å²) in [6.45, 7) is 0.330. The van der Waals surface area contributed by atoms with Crippen LogP contribution in [0.5, 0.6) is 5.75 Å². The number of hydrogen-bond donors (Lipinski definition) is 1. The molecule has 5 heteroatoms. The molecule has 0 saturated heterocycles. The molecule has 0 aliphatic carbocycles. The molecule has 0 bridgehead atoms. The van der Waals surface area contributed by atoms with Crippen LogP contribution in [0.15, 0.2) is 24.3 Å². The second kappa shape index (κ2) is 4.77. The van der Waals surface area contributed by atoms with Gasteiger partial charge in [0.1, 0.15) is 16.7 Å². The van der Waals surface area contributed by atoms with E-state index in [0.29, 0.717) is 17.4 Å². The number of nitrogens with two attached hydrogens (primary N) is 1. The van der Waals surface area contributed by atoms with E-state index >= 15 is 0 Å². The Balaban J connectivity index is 2.52. The Morgan fingerprint density at radius 1 is 1.47 bits per heavy atom. The van der Waals surface area contributed by atoms with Crippen LogP contribution in [0.4, 0.5) is 0 Å². The number of methoxy groups -OCH3 is 1. The van der Waals surface area contributed by atoms with E-state index in [2.05, 4.69) is 4.98 Å². The lowest BCUT2D eigenvalue weighted by molar-refractivity contribution is 0.415. The second-order valence-electron chi connectivity index (χ2n) is 3.67. The molecule has 17 heavy (non-hydrogen) atoms. The fraction of sp³-hybridized carbons (Fsp3) is 0.250. The Hall–Kier alpha value is -1.52. The fourth-order valence-corrected chi connectivity index (χ4v) is 1.89. The van der Waals surface area contributed by atoms with Crippen molar-refractivity contribution in [2.24, 2.45) is 12.8 Å². The first kappa shape index (κ1) is 12.0. The number of hydrogen-bond acceptors (Lipinski definition) is 3. The monoisotopic (exact) mass is 251 g/mol. The van der Waals surface area contributed by atoms with Gasteiger partial charge in [0, 0.05) is 19.2 Å². The highest BCUT2D eigenvalue weighted by atomic mass is 35.5. The van der Waals surface area contributed by atoms with Gasteiger partial charge in [0.15, 0.2) is 0 Å². The van der Waals surface area contributed by atoms with Crippen LogP contribution in [0.25, 0.3) is 11.4 Å². The molecule has 0 aliphatic heterocycles. The molecule has 0 saturated carbocycles. The van der Waals surface area contributed by atoms with Crippen molar-refractivity contribution in [2.75, 3.05) is 7.11 Å². The highest BCUT2D eigenvalue weighted by Crippen LogP contribution is 2.26. The van der Waals surface area contributed by atoms with E-state index in [9.17, 15) is 0 Å². The zero-order chi connectivity index (χ0) is 12.4. The zero-order valence-electron chi connectivity index (χ0n) is 9.77. The largest absolute Gasteiger partial charge is 0.497 e. The Kier molecular flexibility index (Phi) is 3.36. The van der Waals surface area contributed by atoms with Gasteiger partial charge in [0.05, 0.1) is 12.8 Å². The van der Waals surface area contributed by atoms with E-state index in [1.165, 1.54) is 0 Å². The van der Waals surface area contributed by atoms with Gasteiger partial charge < -0.3 is 15.0 Å². The molecular formula is C12H14ClN3O. The minimum Gasteiger partial charge on any atom is -0.497 e. The predicted molar refractivity (Wildman–Crippen MR) is 68.1 cm³/mol. The number of imidazole rings is 1. The van der Waals surface area contributed by atoms with Crippen LogP contribution in [-0.2, 0) is 13.6 Å². The number of aromatic nitrogens is 2. The molecule has 2 rings (SSSR count). The molecule has 1 heterocycles. The van der Waals surface area contributed by atoms with Crippen LogP contribution in [0, 0.1) is 0 Å². The van der Waals surface area contributed by atoms with Gasteiger partial charge in [0.2, 0.25) is 0 Å². The summed E-state index contributed by atoms with van der Waals surface area (Å²) in [6.07, 6.45) is 0. The summed E-state index contributed by atoms with van der Waals surface area (Å²) < 4.78 is 7.00. The maximum absolute atomic E-state index is 6.13. The molecule has 1 aromatic heterocycles. The zero-order valence-corrected chi connectivity index (χ0v) is 10.5. The van der Waals surface area contributed by atoms with E-state index in [1.807, 2.05) is 35.9 Å². The summed E-state index contributed by atoms with van der Waals surface area (Å²) in [5, 5.41) is 0.574. The first-order valence-corrected chi connectivity index (χ1v) is 5.60. The van der Waals surface area contributed by atoms with Gasteiger partial charge in [-0.2, -0.15) is 0 Å². The van der Waals surface area contributed by atoms with Gasteiger partial charge in [-0.1, -0.05) is 23.7 Å². The molecule has 2 N–H and O–H groups in total. The van der Waals surface area contributed by atoms with E-state index in [4.69, 9.17) is 22.1 Å². The van der Waals surface area contributed by atoms with Gasteiger partial charge in [-0.3, -0.25) is 0 Å². The molecule has 0 radical (unpaired) electrons. The summed E-state index contributed by atoms with van der Waals surface area (Å²) >= 11 is 6.13. The number of benzene rings is 1. The van der Waals surface area contributed by atoms with Crippen molar-refractivity contribution in [3.63, 3.8) is 0 Å². The van der Waals surface area contributed by atoms with Gasteiger partial charge >= 0.3 is 0 Å². The van der Waals surface area contributed by atoms with Crippen LogP contribution < -0.4 is 10.5 Å². The Labute approximate surface area is 105 Å². The number of nitrogens with zero attached hydrogens (tertiary/aromatic N) is 2. The van der Waals surface area contributed by atoms with E-state index in [0.717, 1.165) is 17.1 Å². The van der Waals surface area contributed by atoms with E-state index in [1.54, 1.807) is 7.11 Å². The first-order chi connectivity index (χ1) is 8.17. The van der Waals surface area contributed by atoms with Crippen molar-refractivity contribution in [1.82, 2.24) is 9.55 Å². The Morgan fingerprint density at radius 3 is 2.82 bits per heavy atom. The van der Waals surface area contributed by atoms with E-state index in [-0.39, 0.29) is 0 Å². The fourth-order valence-electron chi connectivity index (χ4n) is 1.69. The SMILES string of the molecule is COc1cccc(-c2nc(CN)c(Cl)n2C)c1. The van der Waals surface area contributed by atoms with Gasteiger partial charge in [-0.15, -0.1) is 0 Å². The second-order valence-corrected chi connectivity index (χ2v) is 4.03. The molecule has 0 aliphatic rings. The average molecular weight is 252 g/mol. The van der Waals surface area contributed by atoms with Crippen molar-refractivity contribution in [1.29, 1.82) is 0 Å². The Morgan fingerprint density at radius 2 is 2.24 bits per heavy atom. The van der Waals surface area contributed by atoms with Crippen LogP contribution in [-0.4, -0.2) is 16.7 Å². The molecule has 4 nitrogen and oxygen atoms in total. The van der Waals surface area contributed by atoms with Crippen molar-refractivity contribution < 1.29 is 4.74 Å². The average Bonchev–Trinajstić information content (AvgIpc) is 2.66. The summed E-state index contributed by atoms with van der Waals surface area (Å²) in [5.41, 5.74) is 7.24. The number of ether oxygens (including phenoxy) is 1. The molecule has 0 amide bonds. The predicted octanol–water partition coefficient (Wildman–Crippen LogP) is 2.21. The molecule has 90 valence electrons.